The molecule has 0 radical (unpaired) electrons. The molecule has 0 bridgehead atoms. The van der Waals surface area contributed by atoms with Crippen molar-refractivity contribution in [1.29, 1.82) is 0 Å². The smallest absolute Gasteiger partial charge is 0.0951 e. The topological polar surface area (TPSA) is 29.9 Å². The lowest BCUT2D eigenvalue weighted by molar-refractivity contribution is 0.749. The quantitative estimate of drug-likeness (QED) is 0.522. The number of rotatable bonds is 6. The number of anilines is 1. The van der Waals surface area contributed by atoms with E-state index in [1.54, 1.807) is 0 Å². The van der Waals surface area contributed by atoms with Crippen LogP contribution in [0.1, 0.15) is 11.3 Å². The Morgan fingerprint density at radius 1 is 0.769 bits per heavy atom. The van der Waals surface area contributed by atoms with Gasteiger partial charge in [-0.25, -0.2) is 4.98 Å². The SMILES string of the molecule is c1ccc(Cn2cncc2CNc2cccc(-c3ccccc3)c2)cc1. The highest BCUT2D eigenvalue weighted by Gasteiger charge is 2.04. The maximum Gasteiger partial charge on any atom is 0.0951 e. The lowest BCUT2D eigenvalue weighted by atomic mass is 10.1. The van der Waals surface area contributed by atoms with Crippen LogP contribution in [-0.2, 0) is 13.1 Å². The molecule has 0 fully saturated rings. The minimum Gasteiger partial charge on any atom is -0.379 e. The summed E-state index contributed by atoms with van der Waals surface area (Å²) in [6, 6.07) is 29.4. The Kier molecular flexibility index (Phi) is 4.79. The van der Waals surface area contributed by atoms with Gasteiger partial charge in [0, 0.05) is 18.4 Å². The lowest BCUT2D eigenvalue weighted by Gasteiger charge is -2.11. The summed E-state index contributed by atoms with van der Waals surface area (Å²) in [5.41, 5.74) is 5.99. The number of hydrogen-bond acceptors (Lipinski definition) is 2. The predicted molar refractivity (Wildman–Crippen MR) is 107 cm³/mol. The Balaban J connectivity index is 1.46. The molecule has 0 amide bonds. The largest absolute Gasteiger partial charge is 0.379 e. The molecule has 0 atom stereocenters. The maximum atomic E-state index is 4.32. The Morgan fingerprint density at radius 3 is 2.31 bits per heavy atom. The van der Waals surface area contributed by atoms with Crippen LogP contribution in [0.2, 0.25) is 0 Å². The number of benzene rings is 3. The molecule has 3 aromatic carbocycles. The van der Waals surface area contributed by atoms with Crippen LogP contribution in [0.15, 0.2) is 97.5 Å². The first-order valence-corrected chi connectivity index (χ1v) is 8.81. The summed E-state index contributed by atoms with van der Waals surface area (Å²) in [6.45, 7) is 1.58. The van der Waals surface area contributed by atoms with Crippen LogP contribution >= 0.6 is 0 Å². The predicted octanol–water partition coefficient (Wildman–Crippen LogP) is 5.21. The summed E-state index contributed by atoms with van der Waals surface area (Å²) in [6.07, 6.45) is 3.82. The zero-order valence-corrected chi connectivity index (χ0v) is 14.5. The van der Waals surface area contributed by atoms with E-state index in [4.69, 9.17) is 0 Å². The third-order valence-electron chi connectivity index (χ3n) is 4.44. The number of nitrogens with zero attached hydrogens (tertiary/aromatic N) is 2. The first-order chi connectivity index (χ1) is 12.9. The van der Waals surface area contributed by atoms with Gasteiger partial charge in [0.1, 0.15) is 0 Å². The first kappa shape index (κ1) is 16.2. The van der Waals surface area contributed by atoms with Crippen LogP contribution in [-0.4, -0.2) is 9.55 Å². The molecule has 0 spiro atoms. The van der Waals surface area contributed by atoms with Crippen molar-refractivity contribution in [2.24, 2.45) is 0 Å². The van der Waals surface area contributed by atoms with Crippen molar-refractivity contribution in [3.05, 3.63) is 109 Å². The van der Waals surface area contributed by atoms with Gasteiger partial charge in [-0.15, -0.1) is 0 Å². The molecular formula is C23H21N3. The second-order valence-corrected chi connectivity index (χ2v) is 6.30. The molecular weight excluding hydrogens is 318 g/mol. The molecule has 3 nitrogen and oxygen atoms in total. The molecule has 26 heavy (non-hydrogen) atoms. The van der Waals surface area contributed by atoms with Crippen LogP contribution in [0.25, 0.3) is 11.1 Å². The molecule has 3 heteroatoms. The lowest BCUT2D eigenvalue weighted by Crippen LogP contribution is -2.08. The van der Waals surface area contributed by atoms with E-state index in [0.717, 1.165) is 18.8 Å². The molecule has 0 aliphatic rings. The second-order valence-electron chi connectivity index (χ2n) is 6.30. The summed E-state index contributed by atoms with van der Waals surface area (Å²) in [4.78, 5) is 4.32. The van der Waals surface area contributed by atoms with Gasteiger partial charge in [-0.2, -0.15) is 0 Å². The van der Waals surface area contributed by atoms with Gasteiger partial charge >= 0.3 is 0 Å². The Morgan fingerprint density at radius 2 is 1.50 bits per heavy atom. The highest BCUT2D eigenvalue weighted by molar-refractivity contribution is 5.67. The van der Waals surface area contributed by atoms with Crippen molar-refractivity contribution in [1.82, 2.24) is 9.55 Å². The molecule has 0 unspecified atom stereocenters. The number of nitrogens with one attached hydrogen (secondary N) is 1. The van der Waals surface area contributed by atoms with Gasteiger partial charge in [0.25, 0.3) is 0 Å². The zero-order valence-electron chi connectivity index (χ0n) is 14.5. The van der Waals surface area contributed by atoms with Crippen LogP contribution in [0, 0.1) is 0 Å². The third kappa shape index (κ3) is 3.83. The van der Waals surface area contributed by atoms with Gasteiger partial charge < -0.3 is 9.88 Å². The van der Waals surface area contributed by atoms with E-state index >= 15 is 0 Å². The van der Waals surface area contributed by atoms with Crippen LogP contribution in [0.3, 0.4) is 0 Å². The van der Waals surface area contributed by atoms with Gasteiger partial charge in [-0.05, 0) is 28.8 Å². The van der Waals surface area contributed by atoms with Crippen molar-refractivity contribution in [3.8, 4) is 11.1 Å². The number of imidazole rings is 1. The van der Waals surface area contributed by atoms with Crippen molar-refractivity contribution < 1.29 is 0 Å². The Labute approximate surface area is 154 Å². The molecule has 128 valence electrons. The van der Waals surface area contributed by atoms with Crippen molar-refractivity contribution >= 4 is 5.69 Å². The van der Waals surface area contributed by atoms with E-state index in [1.165, 1.54) is 22.4 Å². The fraction of sp³-hybridized carbons (Fsp3) is 0.0870. The molecule has 0 aliphatic heterocycles. The fourth-order valence-electron chi connectivity index (χ4n) is 3.05. The van der Waals surface area contributed by atoms with Crippen LogP contribution in [0.5, 0.6) is 0 Å². The molecule has 1 aromatic heterocycles. The molecule has 0 aliphatic carbocycles. The van der Waals surface area contributed by atoms with E-state index in [9.17, 15) is 0 Å². The molecule has 0 saturated carbocycles. The summed E-state index contributed by atoms with van der Waals surface area (Å²) < 4.78 is 2.18. The van der Waals surface area contributed by atoms with Gasteiger partial charge in [0.05, 0.1) is 18.6 Å². The average molecular weight is 339 g/mol. The average Bonchev–Trinajstić information content (AvgIpc) is 3.15. The summed E-state index contributed by atoms with van der Waals surface area (Å²) >= 11 is 0. The minimum absolute atomic E-state index is 0.741. The van der Waals surface area contributed by atoms with Crippen molar-refractivity contribution in [2.75, 3.05) is 5.32 Å². The van der Waals surface area contributed by atoms with Crippen LogP contribution in [0.4, 0.5) is 5.69 Å². The normalized spacial score (nSPS) is 10.6. The molecule has 4 rings (SSSR count). The van der Waals surface area contributed by atoms with Gasteiger partial charge in [-0.1, -0.05) is 72.8 Å². The number of hydrogen-bond donors (Lipinski definition) is 1. The molecule has 4 aromatic rings. The third-order valence-corrected chi connectivity index (χ3v) is 4.44. The summed E-state index contributed by atoms with van der Waals surface area (Å²) in [5, 5.41) is 3.52. The molecule has 1 N–H and O–H groups in total. The van der Waals surface area contributed by atoms with Gasteiger partial charge in [0.15, 0.2) is 0 Å². The Hall–Kier alpha value is -3.33. The Bertz CT molecular complexity index is 959. The van der Waals surface area contributed by atoms with E-state index in [0.29, 0.717) is 0 Å². The fourth-order valence-corrected chi connectivity index (χ4v) is 3.05. The minimum atomic E-state index is 0.741. The molecule has 0 saturated heterocycles. The standard InChI is InChI=1S/C23H21N3/c1-3-8-19(9-4-1)17-26-18-24-15-23(26)16-25-22-13-7-12-21(14-22)20-10-5-2-6-11-20/h1-15,18,25H,16-17H2. The summed E-state index contributed by atoms with van der Waals surface area (Å²) in [7, 11) is 0. The van der Waals surface area contributed by atoms with Gasteiger partial charge in [0.2, 0.25) is 0 Å². The maximum absolute atomic E-state index is 4.32. The first-order valence-electron chi connectivity index (χ1n) is 8.81. The highest BCUT2D eigenvalue weighted by Crippen LogP contribution is 2.22. The van der Waals surface area contributed by atoms with E-state index < -0.39 is 0 Å². The van der Waals surface area contributed by atoms with Crippen LogP contribution < -0.4 is 5.32 Å². The van der Waals surface area contributed by atoms with E-state index in [2.05, 4.69) is 87.7 Å². The van der Waals surface area contributed by atoms with Gasteiger partial charge in [-0.3, -0.25) is 0 Å². The molecule has 1 heterocycles. The zero-order chi connectivity index (χ0) is 17.6. The summed E-state index contributed by atoms with van der Waals surface area (Å²) in [5.74, 6) is 0. The monoisotopic (exact) mass is 339 g/mol. The second kappa shape index (κ2) is 7.70. The van der Waals surface area contributed by atoms with Crippen molar-refractivity contribution in [2.45, 2.75) is 13.1 Å². The van der Waals surface area contributed by atoms with E-state index in [1.807, 2.05) is 24.7 Å². The van der Waals surface area contributed by atoms with E-state index in [-0.39, 0.29) is 0 Å². The highest BCUT2D eigenvalue weighted by atomic mass is 15.1. The number of aromatic nitrogens is 2. The van der Waals surface area contributed by atoms with Crippen molar-refractivity contribution in [3.63, 3.8) is 0 Å².